The molecule has 0 radical (unpaired) electrons. The van der Waals surface area contributed by atoms with Gasteiger partial charge in [-0.2, -0.15) is 0 Å². The van der Waals surface area contributed by atoms with Gasteiger partial charge in [0, 0.05) is 5.38 Å². The first kappa shape index (κ1) is 15.0. The number of sulfonamides is 1. The Morgan fingerprint density at radius 2 is 2.05 bits per heavy atom. The largest absolute Gasteiger partial charge is 0.392 e. The second-order valence-corrected chi connectivity index (χ2v) is 7.11. The summed E-state index contributed by atoms with van der Waals surface area (Å²) in [5.41, 5.74) is 1.21. The summed E-state index contributed by atoms with van der Waals surface area (Å²) >= 11 is 1.25. The van der Waals surface area contributed by atoms with Gasteiger partial charge < -0.3 is 5.11 Å². The van der Waals surface area contributed by atoms with Crippen molar-refractivity contribution in [2.75, 3.05) is 4.72 Å². The lowest BCUT2D eigenvalue weighted by atomic mass is 10.2. The van der Waals surface area contributed by atoms with Gasteiger partial charge in [0.15, 0.2) is 5.13 Å². The highest BCUT2D eigenvalue weighted by Gasteiger charge is 2.19. The van der Waals surface area contributed by atoms with Crippen molar-refractivity contribution in [3.8, 4) is 0 Å². The lowest BCUT2D eigenvalue weighted by Crippen LogP contribution is -2.15. The summed E-state index contributed by atoms with van der Waals surface area (Å²) in [6.07, 6.45) is 0. The number of aliphatic hydroxyl groups excluding tert-OH is 1. The fourth-order valence-electron chi connectivity index (χ4n) is 1.66. The van der Waals surface area contributed by atoms with E-state index in [0.717, 1.165) is 5.69 Å². The van der Waals surface area contributed by atoms with Gasteiger partial charge in [0.1, 0.15) is 0 Å². The van der Waals surface area contributed by atoms with Gasteiger partial charge in [0.25, 0.3) is 10.0 Å². The summed E-state index contributed by atoms with van der Waals surface area (Å²) in [6, 6.07) is 6.35. The van der Waals surface area contributed by atoms with E-state index in [1.54, 1.807) is 18.2 Å². The van der Waals surface area contributed by atoms with Crippen LogP contribution < -0.4 is 4.72 Å². The number of aliphatic hydroxyl groups is 1. The zero-order valence-electron chi connectivity index (χ0n) is 11.2. The van der Waals surface area contributed by atoms with Gasteiger partial charge in [-0.15, -0.1) is 11.3 Å². The Kier molecular flexibility index (Phi) is 4.42. The lowest BCUT2D eigenvalue weighted by Gasteiger charge is -2.08. The molecule has 1 aromatic heterocycles. The van der Waals surface area contributed by atoms with E-state index in [4.69, 9.17) is 0 Å². The van der Waals surface area contributed by atoms with Crippen LogP contribution in [0.15, 0.2) is 34.5 Å². The predicted octanol–water partition coefficient (Wildman–Crippen LogP) is 2.56. The number of nitrogens with zero attached hydrogens (tertiary/aromatic N) is 1. The fourth-order valence-corrected chi connectivity index (χ4v) is 4.02. The number of thiazole rings is 1. The van der Waals surface area contributed by atoms with Crippen LogP contribution in [0.1, 0.15) is 31.0 Å². The highest BCUT2D eigenvalue weighted by atomic mass is 32.2. The molecule has 2 rings (SSSR count). The number of hydrogen-bond acceptors (Lipinski definition) is 5. The second kappa shape index (κ2) is 5.90. The number of anilines is 1. The molecule has 5 nitrogen and oxygen atoms in total. The fraction of sp³-hybridized carbons (Fsp3) is 0.308. The van der Waals surface area contributed by atoms with Crippen LogP contribution in [0.4, 0.5) is 5.13 Å². The number of hydrogen-bond donors (Lipinski definition) is 2. The van der Waals surface area contributed by atoms with Crippen molar-refractivity contribution >= 4 is 26.5 Å². The van der Waals surface area contributed by atoms with E-state index < -0.39 is 10.0 Å². The molecule has 20 heavy (non-hydrogen) atoms. The van der Waals surface area contributed by atoms with Crippen molar-refractivity contribution in [1.29, 1.82) is 0 Å². The lowest BCUT2D eigenvalue weighted by molar-refractivity contribution is 0.278. The molecule has 0 saturated carbocycles. The molecule has 0 saturated heterocycles. The molecule has 0 atom stereocenters. The van der Waals surface area contributed by atoms with E-state index in [1.807, 2.05) is 19.2 Å². The molecule has 0 aliphatic rings. The third-order valence-corrected chi connectivity index (χ3v) is 5.11. The molecule has 0 aliphatic heterocycles. The number of rotatable bonds is 5. The Morgan fingerprint density at radius 3 is 2.65 bits per heavy atom. The van der Waals surface area contributed by atoms with Crippen LogP contribution in [0, 0.1) is 0 Å². The molecule has 0 spiro atoms. The van der Waals surface area contributed by atoms with Crippen molar-refractivity contribution in [1.82, 2.24) is 4.98 Å². The highest BCUT2D eigenvalue weighted by Crippen LogP contribution is 2.25. The van der Waals surface area contributed by atoms with E-state index in [2.05, 4.69) is 9.71 Å². The third kappa shape index (κ3) is 3.17. The van der Waals surface area contributed by atoms with Crippen LogP contribution >= 0.6 is 11.3 Å². The van der Waals surface area contributed by atoms with Crippen molar-refractivity contribution < 1.29 is 13.5 Å². The topological polar surface area (TPSA) is 79.3 Å². The first-order valence-electron chi connectivity index (χ1n) is 6.11. The number of nitrogens with one attached hydrogen (secondary N) is 1. The summed E-state index contributed by atoms with van der Waals surface area (Å²) in [5.74, 6) is 0.245. The van der Waals surface area contributed by atoms with Crippen LogP contribution in [-0.4, -0.2) is 18.5 Å². The molecule has 2 aromatic rings. The van der Waals surface area contributed by atoms with Gasteiger partial charge in [-0.1, -0.05) is 32.0 Å². The monoisotopic (exact) mass is 312 g/mol. The van der Waals surface area contributed by atoms with Crippen molar-refractivity contribution in [3.63, 3.8) is 0 Å². The molecular weight excluding hydrogens is 296 g/mol. The van der Waals surface area contributed by atoms with Crippen LogP contribution in [0.3, 0.4) is 0 Å². The summed E-state index contributed by atoms with van der Waals surface area (Å²) in [7, 11) is -3.73. The summed E-state index contributed by atoms with van der Waals surface area (Å²) in [4.78, 5) is 4.31. The predicted molar refractivity (Wildman–Crippen MR) is 79.4 cm³/mol. The van der Waals surface area contributed by atoms with E-state index in [-0.39, 0.29) is 17.4 Å². The molecule has 0 aliphatic carbocycles. The highest BCUT2D eigenvalue weighted by molar-refractivity contribution is 7.93. The molecule has 1 heterocycles. The molecule has 0 fully saturated rings. The standard InChI is InChI=1S/C13H16N2O3S2/c1-9(2)11-8-19-13(14-11)15-20(17,18)12-6-4-3-5-10(12)7-16/h3-6,8-9,16H,7H2,1-2H3,(H,14,15). The average Bonchev–Trinajstić information content (AvgIpc) is 2.86. The third-order valence-electron chi connectivity index (χ3n) is 2.77. The Bertz CT molecular complexity index is 693. The maximum atomic E-state index is 12.3. The Labute approximate surface area is 122 Å². The quantitative estimate of drug-likeness (QED) is 0.889. The molecule has 2 N–H and O–H groups in total. The average molecular weight is 312 g/mol. The van der Waals surface area contributed by atoms with Crippen LogP contribution in [0.2, 0.25) is 0 Å². The van der Waals surface area contributed by atoms with Crippen LogP contribution in [0.25, 0.3) is 0 Å². The van der Waals surface area contributed by atoms with Crippen LogP contribution in [-0.2, 0) is 16.6 Å². The normalized spacial score (nSPS) is 11.8. The molecule has 7 heteroatoms. The van der Waals surface area contributed by atoms with Gasteiger partial charge in [-0.05, 0) is 17.5 Å². The van der Waals surface area contributed by atoms with Crippen molar-refractivity contribution in [3.05, 3.63) is 40.9 Å². The SMILES string of the molecule is CC(C)c1csc(NS(=O)(=O)c2ccccc2CO)n1. The van der Waals surface area contributed by atoms with E-state index in [0.29, 0.717) is 10.7 Å². The summed E-state index contributed by atoms with van der Waals surface area (Å²) in [6.45, 7) is 3.66. The van der Waals surface area contributed by atoms with E-state index in [1.165, 1.54) is 17.4 Å². The van der Waals surface area contributed by atoms with Gasteiger partial charge in [-0.3, -0.25) is 4.72 Å². The first-order chi connectivity index (χ1) is 9.44. The van der Waals surface area contributed by atoms with Crippen molar-refractivity contribution in [2.24, 2.45) is 0 Å². The maximum Gasteiger partial charge on any atom is 0.264 e. The van der Waals surface area contributed by atoms with Gasteiger partial charge in [-0.25, -0.2) is 13.4 Å². The number of aromatic nitrogens is 1. The smallest absolute Gasteiger partial charge is 0.264 e. The zero-order valence-corrected chi connectivity index (χ0v) is 12.8. The second-order valence-electron chi connectivity index (χ2n) is 4.60. The van der Waals surface area contributed by atoms with Gasteiger partial charge in [0.2, 0.25) is 0 Å². The van der Waals surface area contributed by atoms with Gasteiger partial charge in [0.05, 0.1) is 17.2 Å². The van der Waals surface area contributed by atoms with Crippen molar-refractivity contribution in [2.45, 2.75) is 31.3 Å². The minimum Gasteiger partial charge on any atom is -0.392 e. The van der Waals surface area contributed by atoms with Gasteiger partial charge >= 0.3 is 0 Å². The summed E-state index contributed by atoms with van der Waals surface area (Å²) in [5, 5.41) is 11.4. The van der Waals surface area contributed by atoms with Crippen LogP contribution in [0.5, 0.6) is 0 Å². The molecule has 1 aromatic carbocycles. The Balaban J connectivity index is 2.31. The Hall–Kier alpha value is -1.44. The molecule has 108 valence electrons. The maximum absolute atomic E-state index is 12.3. The van der Waals surface area contributed by atoms with E-state index >= 15 is 0 Å². The molecule has 0 amide bonds. The summed E-state index contributed by atoms with van der Waals surface area (Å²) < 4.78 is 27.1. The molecule has 0 unspecified atom stereocenters. The Morgan fingerprint density at radius 1 is 1.35 bits per heavy atom. The minimum atomic E-state index is -3.73. The zero-order chi connectivity index (χ0) is 14.8. The first-order valence-corrected chi connectivity index (χ1v) is 8.47. The molecular formula is C13H16N2O3S2. The van der Waals surface area contributed by atoms with E-state index in [9.17, 15) is 13.5 Å². The molecule has 0 bridgehead atoms. The number of benzene rings is 1. The minimum absolute atomic E-state index is 0.0730.